The van der Waals surface area contributed by atoms with E-state index in [1.54, 1.807) is 6.07 Å². The molecule has 0 spiro atoms. The fraction of sp³-hybridized carbons (Fsp3) is 0.625. The van der Waals surface area contributed by atoms with Crippen LogP contribution in [0.5, 0.6) is 0 Å². The van der Waals surface area contributed by atoms with Crippen LogP contribution in [0, 0.1) is 23.5 Å². The van der Waals surface area contributed by atoms with Crippen molar-refractivity contribution in [2.45, 2.75) is 39.3 Å². The van der Waals surface area contributed by atoms with Gasteiger partial charge in [-0.3, -0.25) is 4.90 Å². The van der Waals surface area contributed by atoms with Crippen molar-refractivity contribution in [2.24, 2.45) is 17.6 Å². The fourth-order valence-electron chi connectivity index (χ4n) is 3.23. The van der Waals surface area contributed by atoms with E-state index in [1.165, 1.54) is 12.5 Å². The molecular formula is C16H24F2N2. The topological polar surface area (TPSA) is 29.3 Å². The van der Waals surface area contributed by atoms with Crippen molar-refractivity contribution in [3.63, 3.8) is 0 Å². The molecule has 112 valence electrons. The SMILES string of the molecule is CC1CC(C)C(C)N(CC(N)c2cccc(F)c2F)C1. The molecule has 4 unspecified atom stereocenters. The molecule has 2 nitrogen and oxygen atoms in total. The number of benzene rings is 1. The Balaban J connectivity index is 2.10. The number of nitrogens with two attached hydrogens (primary N) is 1. The van der Waals surface area contributed by atoms with Crippen molar-refractivity contribution >= 4 is 0 Å². The number of hydrogen-bond acceptors (Lipinski definition) is 2. The molecule has 2 rings (SSSR count). The Bertz CT molecular complexity index is 464. The third kappa shape index (κ3) is 3.18. The molecule has 1 heterocycles. The third-order valence-corrected chi connectivity index (χ3v) is 4.53. The molecule has 1 fully saturated rings. The normalized spacial score (nSPS) is 29.4. The highest BCUT2D eigenvalue weighted by Crippen LogP contribution is 2.28. The summed E-state index contributed by atoms with van der Waals surface area (Å²) in [7, 11) is 0. The molecule has 20 heavy (non-hydrogen) atoms. The second kappa shape index (κ2) is 6.19. The first-order chi connectivity index (χ1) is 9.40. The average molecular weight is 282 g/mol. The van der Waals surface area contributed by atoms with E-state index in [1.807, 2.05) is 0 Å². The van der Waals surface area contributed by atoms with Crippen LogP contribution in [0.4, 0.5) is 8.78 Å². The zero-order valence-corrected chi connectivity index (χ0v) is 12.4. The fourth-order valence-corrected chi connectivity index (χ4v) is 3.23. The Kier molecular flexibility index (Phi) is 4.76. The second-order valence-electron chi connectivity index (χ2n) is 6.26. The molecule has 1 saturated heterocycles. The minimum Gasteiger partial charge on any atom is -0.323 e. The largest absolute Gasteiger partial charge is 0.323 e. The monoisotopic (exact) mass is 282 g/mol. The van der Waals surface area contributed by atoms with Crippen LogP contribution in [0.15, 0.2) is 18.2 Å². The first-order valence-electron chi connectivity index (χ1n) is 7.33. The van der Waals surface area contributed by atoms with Crippen LogP contribution in [0.3, 0.4) is 0 Å². The predicted octanol–water partition coefficient (Wildman–Crippen LogP) is 3.33. The zero-order valence-electron chi connectivity index (χ0n) is 12.4. The summed E-state index contributed by atoms with van der Waals surface area (Å²) in [5, 5.41) is 0. The number of rotatable bonds is 3. The maximum atomic E-state index is 13.8. The number of piperidine rings is 1. The summed E-state index contributed by atoms with van der Waals surface area (Å²) in [4.78, 5) is 2.30. The van der Waals surface area contributed by atoms with Crippen LogP contribution in [0.1, 0.15) is 38.8 Å². The highest BCUT2D eigenvalue weighted by atomic mass is 19.2. The number of halogens is 2. The van der Waals surface area contributed by atoms with Gasteiger partial charge in [0.25, 0.3) is 0 Å². The summed E-state index contributed by atoms with van der Waals surface area (Å²) < 4.78 is 27.1. The van der Waals surface area contributed by atoms with Gasteiger partial charge in [-0.25, -0.2) is 8.78 Å². The molecule has 0 aliphatic carbocycles. The average Bonchev–Trinajstić information content (AvgIpc) is 2.38. The van der Waals surface area contributed by atoms with Crippen LogP contribution < -0.4 is 5.73 Å². The lowest BCUT2D eigenvalue weighted by atomic mass is 9.85. The van der Waals surface area contributed by atoms with Gasteiger partial charge in [0, 0.05) is 30.7 Å². The summed E-state index contributed by atoms with van der Waals surface area (Å²) in [5.41, 5.74) is 6.37. The van der Waals surface area contributed by atoms with E-state index in [-0.39, 0.29) is 5.56 Å². The van der Waals surface area contributed by atoms with Crippen molar-refractivity contribution in [3.8, 4) is 0 Å². The maximum absolute atomic E-state index is 13.8. The number of hydrogen-bond donors (Lipinski definition) is 1. The molecule has 2 N–H and O–H groups in total. The molecule has 0 aromatic heterocycles. The van der Waals surface area contributed by atoms with Gasteiger partial charge in [-0.2, -0.15) is 0 Å². The van der Waals surface area contributed by atoms with Crippen molar-refractivity contribution in [3.05, 3.63) is 35.4 Å². The van der Waals surface area contributed by atoms with E-state index in [4.69, 9.17) is 5.73 Å². The third-order valence-electron chi connectivity index (χ3n) is 4.53. The van der Waals surface area contributed by atoms with Gasteiger partial charge in [0.1, 0.15) is 0 Å². The van der Waals surface area contributed by atoms with Gasteiger partial charge in [0.2, 0.25) is 0 Å². The minimum absolute atomic E-state index is 0.267. The highest BCUT2D eigenvalue weighted by Gasteiger charge is 2.30. The predicted molar refractivity (Wildman–Crippen MR) is 77.3 cm³/mol. The van der Waals surface area contributed by atoms with Gasteiger partial charge in [-0.1, -0.05) is 26.0 Å². The molecule has 1 aromatic carbocycles. The molecule has 1 aliphatic heterocycles. The summed E-state index contributed by atoms with van der Waals surface area (Å²) in [6, 6.07) is 4.14. The quantitative estimate of drug-likeness (QED) is 0.921. The van der Waals surface area contributed by atoms with E-state index in [0.29, 0.717) is 24.4 Å². The Labute approximate surface area is 120 Å². The van der Waals surface area contributed by atoms with E-state index >= 15 is 0 Å². The van der Waals surface area contributed by atoms with Crippen LogP contribution in [-0.2, 0) is 0 Å². The second-order valence-corrected chi connectivity index (χ2v) is 6.26. The lowest BCUT2D eigenvalue weighted by molar-refractivity contribution is 0.0738. The Hall–Kier alpha value is -1.00. The summed E-state index contributed by atoms with van der Waals surface area (Å²) >= 11 is 0. The Morgan fingerprint density at radius 1 is 1.30 bits per heavy atom. The van der Waals surface area contributed by atoms with E-state index in [2.05, 4.69) is 25.7 Å². The molecule has 0 saturated carbocycles. The van der Waals surface area contributed by atoms with Gasteiger partial charge in [-0.05, 0) is 31.2 Å². The summed E-state index contributed by atoms with van der Waals surface area (Å²) in [5.74, 6) is -0.425. The molecule has 4 atom stereocenters. The lowest BCUT2D eigenvalue weighted by Crippen LogP contribution is -2.48. The smallest absolute Gasteiger partial charge is 0.163 e. The molecule has 4 heteroatoms. The summed E-state index contributed by atoms with van der Waals surface area (Å²) in [6.07, 6.45) is 1.21. The zero-order chi connectivity index (χ0) is 14.9. The van der Waals surface area contributed by atoms with Crippen LogP contribution in [0.25, 0.3) is 0 Å². The highest BCUT2D eigenvalue weighted by molar-refractivity contribution is 5.22. The lowest BCUT2D eigenvalue weighted by Gasteiger charge is -2.42. The van der Waals surface area contributed by atoms with Crippen molar-refractivity contribution in [1.82, 2.24) is 4.90 Å². The number of nitrogens with zero attached hydrogens (tertiary/aromatic N) is 1. The van der Waals surface area contributed by atoms with Crippen molar-refractivity contribution in [2.75, 3.05) is 13.1 Å². The first kappa shape index (κ1) is 15.4. The van der Waals surface area contributed by atoms with Crippen molar-refractivity contribution < 1.29 is 8.78 Å². The molecule has 0 radical (unpaired) electrons. The molecular weight excluding hydrogens is 258 g/mol. The van der Waals surface area contributed by atoms with Gasteiger partial charge in [-0.15, -0.1) is 0 Å². The van der Waals surface area contributed by atoms with E-state index in [9.17, 15) is 8.78 Å². The van der Waals surface area contributed by atoms with Crippen LogP contribution >= 0.6 is 0 Å². The van der Waals surface area contributed by atoms with E-state index < -0.39 is 17.7 Å². The standard InChI is InChI=1S/C16H24F2N2/c1-10-7-11(2)12(3)20(8-10)9-15(19)13-5-4-6-14(17)16(13)18/h4-6,10-12,15H,7-9,19H2,1-3H3. The van der Waals surface area contributed by atoms with Gasteiger partial charge >= 0.3 is 0 Å². The molecule has 1 aliphatic rings. The Morgan fingerprint density at radius 3 is 2.70 bits per heavy atom. The van der Waals surface area contributed by atoms with Gasteiger partial charge in [0.15, 0.2) is 11.6 Å². The molecule has 0 bridgehead atoms. The van der Waals surface area contributed by atoms with E-state index in [0.717, 1.165) is 12.6 Å². The minimum atomic E-state index is -0.827. The first-order valence-corrected chi connectivity index (χ1v) is 7.33. The maximum Gasteiger partial charge on any atom is 0.163 e. The number of likely N-dealkylation sites (tertiary alicyclic amines) is 1. The van der Waals surface area contributed by atoms with Crippen molar-refractivity contribution in [1.29, 1.82) is 0 Å². The van der Waals surface area contributed by atoms with Crippen LogP contribution in [-0.4, -0.2) is 24.0 Å². The molecule has 1 aromatic rings. The molecule has 0 amide bonds. The Morgan fingerprint density at radius 2 is 2.00 bits per heavy atom. The summed E-state index contributed by atoms with van der Waals surface area (Å²) in [6.45, 7) is 8.18. The van der Waals surface area contributed by atoms with Gasteiger partial charge < -0.3 is 5.73 Å². The van der Waals surface area contributed by atoms with Crippen LogP contribution in [0.2, 0.25) is 0 Å². The van der Waals surface area contributed by atoms with Gasteiger partial charge in [0.05, 0.1) is 0 Å².